The Morgan fingerprint density at radius 2 is 2.14 bits per heavy atom. The van der Waals surface area contributed by atoms with Crippen LogP contribution >= 0.6 is 0 Å². The molecule has 14 heavy (non-hydrogen) atoms. The lowest BCUT2D eigenvalue weighted by atomic mass is 10.4. The summed E-state index contributed by atoms with van der Waals surface area (Å²) in [5.74, 6) is -0.341. The van der Waals surface area contributed by atoms with Gasteiger partial charge in [-0.1, -0.05) is 5.10 Å². The molecule has 0 unspecified atom stereocenters. The smallest absolute Gasteiger partial charge is 0.415 e. The van der Waals surface area contributed by atoms with Crippen LogP contribution in [-0.2, 0) is 0 Å². The van der Waals surface area contributed by atoms with Gasteiger partial charge in [0.15, 0.2) is 0 Å². The van der Waals surface area contributed by atoms with E-state index >= 15 is 0 Å². The molecule has 1 heterocycles. The lowest BCUT2D eigenvalue weighted by Gasteiger charge is -2.04. The molecule has 1 aromatic heterocycles. The molecule has 0 bridgehead atoms. The van der Waals surface area contributed by atoms with Crippen molar-refractivity contribution < 1.29 is 27.1 Å². The van der Waals surface area contributed by atoms with Gasteiger partial charge in [0.1, 0.15) is 6.61 Å². The number of carbonyl (C=O) groups is 1. The van der Waals surface area contributed by atoms with E-state index in [0.717, 1.165) is 0 Å². The Balaban J connectivity index is 2.35. The first kappa shape index (κ1) is 10.5. The maximum atomic E-state index is 11.6. The Morgan fingerprint density at radius 1 is 1.43 bits per heavy atom. The molecular formula is C6H5F3N2O3. The van der Waals surface area contributed by atoms with Gasteiger partial charge in [-0.05, 0) is 0 Å². The molecule has 0 spiro atoms. The Bertz CT molecular complexity index is 310. The molecule has 8 heteroatoms. The fourth-order valence-corrected chi connectivity index (χ4v) is 0.580. The van der Waals surface area contributed by atoms with Crippen molar-refractivity contribution in [1.82, 2.24) is 10.2 Å². The van der Waals surface area contributed by atoms with Crippen LogP contribution in [0.25, 0.3) is 0 Å². The maximum Gasteiger partial charge on any atom is 0.415 e. The molecule has 0 atom stereocenters. The number of hydrogen-bond donors (Lipinski definition) is 0. The summed E-state index contributed by atoms with van der Waals surface area (Å²) in [5, 5.41) is 6.33. The van der Waals surface area contributed by atoms with E-state index in [1.54, 1.807) is 0 Å². The maximum absolute atomic E-state index is 11.6. The van der Waals surface area contributed by atoms with Crippen molar-refractivity contribution in [3.8, 4) is 6.08 Å². The summed E-state index contributed by atoms with van der Waals surface area (Å²) >= 11 is 0. The summed E-state index contributed by atoms with van der Waals surface area (Å²) in [6.07, 6.45) is -5.60. The van der Waals surface area contributed by atoms with Gasteiger partial charge in [0, 0.05) is 0 Å². The van der Waals surface area contributed by atoms with E-state index in [4.69, 9.17) is 0 Å². The van der Waals surface area contributed by atoms with Crippen LogP contribution in [0.1, 0.15) is 17.1 Å². The number of halogens is 3. The normalized spacial score (nSPS) is 11.4. The van der Waals surface area contributed by atoms with Crippen LogP contribution in [0.4, 0.5) is 13.2 Å². The van der Waals surface area contributed by atoms with Crippen LogP contribution < -0.4 is 4.74 Å². The third-order valence-electron chi connectivity index (χ3n) is 1.13. The molecule has 0 aliphatic carbocycles. The van der Waals surface area contributed by atoms with Gasteiger partial charge in [-0.3, -0.25) is 4.79 Å². The largest absolute Gasteiger partial charge is 0.449 e. The average molecular weight is 210 g/mol. The van der Waals surface area contributed by atoms with Crippen molar-refractivity contribution in [1.29, 1.82) is 0 Å². The number of rotatable bonds is 4. The van der Waals surface area contributed by atoms with E-state index in [1.807, 2.05) is 0 Å². The van der Waals surface area contributed by atoms with Gasteiger partial charge in [0.25, 0.3) is 5.89 Å². The molecule has 1 aromatic rings. The van der Waals surface area contributed by atoms with E-state index < -0.39 is 25.3 Å². The van der Waals surface area contributed by atoms with Crippen LogP contribution in [0.5, 0.6) is 6.08 Å². The molecule has 5 nitrogen and oxygen atoms in total. The summed E-state index contributed by atoms with van der Waals surface area (Å²) in [7, 11) is 0. The lowest BCUT2D eigenvalue weighted by Crippen LogP contribution is -2.13. The predicted molar refractivity (Wildman–Crippen MR) is 35.9 cm³/mol. The zero-order chi connectivity index (χ0) is 10.6. The van der Waals surface area contributed by atoms with E-state index in [2.05, 4.69) is 19.4 Å². The summed E-state index contributed by atoms with van der Waals surface area (Å²) in [6, 6.07) is 0. The van der Waals surface area contributed by atoms with Crippen LogP contribution in [0, 0.1) is 0 Å². The van der Waals surface area contributed by atoms with E-state index in [-0.39, 0.29) is 12.2 Å². The summed E-state index contributed by atoms with van der Waals surface area (Å²) in [4.78, 5) is 10.0. The van der Waals surface area contributed by atoms with Gasteiger partial charge in [-0.2, -0.15) is 13.2 Å². The topological polar surface area (TPSA) is 65.2 Å². The highest BCUT2D eigenvalue weighted by atomic mass is 19.4. The number of alkyl halides is 3. The number of ether oxygens (including phenoxy) is 1. The van der Waals surface area contributed by atoms with Crippen molar-refractivity contribution >= 4 is 6.29 Å². The zero-order valence-corrected chi connectivity index (χ0v) is 6.74. The third kappa shape index (κ3) is 3.42. The molecule has 0 radical (unpaired) electrons. The minimum atomic E-state index is -4.30. The second kappa shape index (κ2) is 4.07. The minimum Gasteiger partial charge on any atom is -0.449 e. The Labute approximate surface area is 75.9 Å². The van der Waals surface area contributed by atoms with E-state index in [0.29, 0.717) is 0 Å². The molecule has 0 fully saturated rings. The quantitative estimate of drug-likeness (QED) is 0.699. The first-order chi connectivity index (χ1) is 6.51. The first-order valence-corrected chi connectivity index (χ1v) is 3.49. The van der Waals surface area contributed by atoms with Crippen LogP contribution in [0.15, 0.2) is 4.42 Å². The van der Waals surface area contributed by atoms with Crippen LogP contribution in [0.3, 0.4) is 0 Å². The molecule has 0 saturated carbocycles. The molecule has 0 aromatic carbocycles. The zero-order valence-electron chi connectivity index (χ0n) is 6.74. The predicted octanol–water partition coefficient (Wildman–Crippen LogP) is 1.21. The molecule has 1 rings (SSSR count). The Hall–Kier alpha value is -1.60. The average Bonchev–Trinajstić information content (AvgIpc) is 2.50. The fraction of sp³-hybridized carbons (Fsp3) is 0.500. The molecular weight excluding hydrogens is 205 g/mol. The first-order valence-electron chi connectivity index (χ1n) is 3.49. The monoisotopic (exact) mass is 210 g/mol. The number of hydrogen-bond acceptors (Lipinski definition) is 5. The number of carbonyl (C=O) groups excluding carboxylic acids is 1. The minimum absolute atomic E-state index is 0.267. The van der Waals surface area contributed by atoms with Crippen LogP contribution in [-0.4, -0.2) is 29.3 Å². The molecule has 0 aliphatic heterocycles. The van der Waals surface area contributed by atoms with Gasteiger partial charge in [-0.25, -0.2) is 0 Å². The SMILES string of the molecule is O=Cc1nnc(OCCC(F)(F)F)o1. The van der Waals surface area contributed by atoms with Gasteiger partial charge >= 0.3 is 12.3 Å². The molecule has 0 amide bonds. The third-order valence-corrected chi connectivity index (χ3v) is 1.13. The van der Waals surface area contributed by atoms with E-state index in [9.17, 15) is 18.0 Å². The molecule has 0 aliphatic rings. The lowest BCUT2D eigenvalue weighted by molar-refractivity contribution is -0.140. The fourth-order valence-electron chi connectivity index (χ4n) is 0.580. The summed E-state index contributed by atoms with van der Waals surface area (Å²) < 4.78 is 43.8. The standard InChI is InChI=1S/C6H5F3N2O3/c7-6(8,9)1-2-13-5-11-10-4(3-12)14-5/h3H,1-2H2. The van der Waals surface area contributed by atoms with Crippen molar-refractivity contribution in [2.45, 2.75) is 12.6 Å². The number of aldehydes is 1. The molecule has 0 N–H and O–H groups in total. The van der Waals surface area contributed by atoms with Gasteiger partial charge in [0.05, 0.1) is 6.42 Å². The highest BCUT2D eigenvalue weighted by Gasteiger charge is 2.27. The van der Waals surface area contributed by atoms with Gasteiger partial charge in [-0.15, -0.1) is 5.10 Å². The number of aromatic nitrogens is 2. The van der Waals surface area contributed by atoms with Gasteiger partial charge in [0.2, 0.25) is 6.29 Å². The van der Waals surface area contributed by atoms with E-state index in [1.165, 1.54) is 0 Å². The Kier molecular flexibility index (Phi) is 3.05. The highest BCUT2D eigenvalue weighted by molar-refractivity contribution is 5.66. The summed E-state index contributed by atoms with van der Waals surface area (Å²) in [6.45, 7) is -0.621. The number of nitrogens with zero attached hydrogens (tertiary/aromatic N) is 2. The van der Waals surface area contributed by atoms with Crippen molar-refractivity contribution in [3.63, 3.8) is 0 Å². The second-order valence-electron chi connectivity index (χ2n) is 2.24. The van der Waals surface area contributed by atoms with Crippen molar-refractivity contribution in [3.05, 3.63) is 5.89 Å². The van der Waals surface area contributed by atoms with Gasteiger partial charge < -0.3 is 9.15 Å². The molecule has 78 valence electrons. The van der Waals surface area contributed by atoms with Crippen molar-refractivity contribution in [2.75, 3.05) is 6.61 Å². The highest BCUT2D eigenvalue weighted by Crippen LogP contribution is 2.19. The molecule has 0 saturated heterocycles. The summed E-state index contributed by atoms with van der Waals surface area (Å²) in [5.41, 5.74) is 0. The second-order valence-corrected chi connectivity index (χ2v) is 2.24. The van der Waals surface area contributed by atoms with Crippen molar-refractivity contribution in [2.24, 2.45) is 0 Å². The Morgan fingerprint density at radius 3 is 2.64 bits per heavy atom. The van der Waals surface area contributed by atoms with Crippen LogP contribution in [0.2, 0.25) is 0 Å².